The first-order valence-corrected chi connectivity index (χ1v) is 9.65. The maximum Gasteiger partial charge on any atom is 0.407 e. The molecule has 1 fully saturated rings. The first-order valence-electron chi connectivity index (χ1n) is 8.77. The van der Waals surface area contributed by atoms with Crippen LogP contribution in [0.25, 0.3) is 0 Å². The highest BCUT2D eigenvalue weighted by Crippen LogP contribution is 2.37. The van der Waals surface area contributed by atoms with Gasteiger partial charge in [0.2, 0.25) is 0 Å². The number of likely N-dealkylation sites (tertiary alicyclic amines) is 1. The van der Waals surface area contributed by atoms with Crippen molar-refractivity contribution in [2.24, 2.45) is 5.16 Å². The molecule has 1 amide bonds. The van der Waals surface area contributed by atoms with Gasteiger partial charge >= 0.3 is 6.09 Å². The van der Waals surface area contributed by atoms with Crippen LogP contribution in [0, 0.1) is 11.6 Å². The van der Waals surface area contributed by atoms with Crippen LogP contribution in [0.1, 0.15) is 47.5 Å². The zero-order valence-corrected chi connectivity index (χ0v) is 15.5. The molecule has 1 aromatic heterocycles. The van der Waals surface area contributed by atoms with Crippen LogP contribution in [0.2, 0.25) is 0 Å². The second kappa shape index (κ2) is 7.34. The lowest BCUT2D eigenvalue weighted by Gasteiger charge is -2.28. The van der Waals surface area contributed by atoms with Crippen molar-refractivity contribution in [1.82, 2.24) is 9.88 Å². The van der Waals surface area contributed by atoms with Crippen molar-refractivity contribution >= 4 is 23.1 Å². The number of carbonyl (C=O) groups is 1. The van der Waals surface area contributed by atoms with Gasteiger partial charge in [0, 0.05) is 30.8 Å². The van der Waals surface area contributed by atoms with Gasteiger partial charge in [-0.05, 0) is 25.0 Å². The lowest BCUT2D eigenvalue weighted by atomic mass is 9.98. The number of rotatable bonds is 3. The van der Waals surface area contributed by atoms with E-state index in [0.717, 1.165) is 17.1 Å². The Bertz CT molecular complexity index is 941. The highest BCUT2D eigenvalue weighted by molar-refractivity contribution is 7.10. The van der Waals surface area contributed by atoms with Gasteiger partial charge in [0.1, 0.15) is 11.5 Å². The van der Waals surface area contributed by atoms with Crippen molar-refractivity contribution in [3.05, 3.63) is 45.4 Å². The van der Waals surface area contributed by atoms with Crippen LogP contribution in [0.4, 0.5) is 13.6 Å². The van der Waals surface area contributed by atoms with Crippen LogP contribution >= 0.6 is 11.3 Å². The highest BCUT2D eigenvalue weighted by atomic mass is 32.1. The molecule has 1 saturated heterocycles. The topological polar surface area (TPSA) is 95.2 Å². The Morgan fingerprint density at radius 3 is 2.75 bits per heavy atom. The van der Waals surface area contributed by atoms with Gasteiger partial charge in [0.25, 0.3) is 0 Å². The van der Waals surface area contributed by atoms with E-state index in [1.807, 2.05) is 5.38 Å². The van der Waals surface area contributed by atoms with Crippen LogP contribution < -0.4 is 0 Å². The molecule has 1 unspecified atom stereocenters. The van der Waals surface area contributed by atoms with E-state index >= 15 is 0 Å². The molecule has 0 aliphatic carbocycles. The minimum atomic E-state index is -1.05. The Kier molecular flexibility index (Phi) is 4.88. The molecule has 7 nitrogen and oxygen atoms in total. The second-order valence-electron chi connectivity index (χ2n) is 6.75. The number of phenols is 1. The number of halogens is 2. The lowest BCUT2D eigenvalue weighted by molar-refractivity contribution is 0.0795. The normalized spacial score (nSPS) is 20.1. The number of carboxylic acid groups (broad SMARTS) is 1. The van der Waals surface area contributed by atoms with Gasteiger partial charge in [0.05, 0.1) is 16.3 Å². The number of oxime groups is 1. The third-order valence-electron chi connectivity index (χ3n) is 5.03. The monoisotopic (exact) mass is 409 g/mol. The zero-order chi connectivity index (χ0) is 19.8. The number of amides is 1. The summed E-state index contributed by atoms with van der Waals surface area (Å²) >= 11 is 1.46. The van der Waals surface area contributed by atoms with Crippen molar-refractivity contribution in [3.8, 4) is 5.75 Å². The van der Waals surface area contributed by atoms with Gasteiger partial charge in [-0.15, -0.1) is 11.3 Å². The molecule has 3 heterocycles. The molecule has 28 heavy (non-hydrogen) atoms. The molecule has 2 aliphatic rings. The fraction of sp³-hybridized carbons (Fsp3) is 0.389. The number of thiazole rings is 1. The average molecular weight is 409 g/mol. The summed E-state index contributed by atoms with van der Waals surface area (Å²) in [5.74, 6) is -2.32. The number of aromatic nitrogens is 1. The molecule has 2 N–H and O–H groups in total. The second-order valence-corrected chi connectivity index (χ2v) is 7.63. The predicted octanol–water partition coefficient (Wildman–Crippen LogP) is 3.85. The van der Waals surface area contributed by atoms with Gasteiger partial charge in [-0.25, -0.2) is 18.6 Å². The molecule has 1 aromatic carbocycles. The van der Waals surface area contributed by atoms with Crippen LogP contribution in [0.5, 0.6) is 5.75 Å². The molecular formula is C18H17F2N3O4S. The quantitative estimate of drug-likeness (QED) is 0.803. The number of piperidine rings is 1. The van der Waals surface area contributed by atoms with Crippen LogP contribution in [0.3, 0.4) is 0 Å². The highest BCUT2D eigenvalue weighted by Gasteiger charge is 2.32. The van der Waals surface area contributed by atoms with Gasteiger partial charge in [-0.2, -0.15) is 0 Å². The maximum absolute atomic E-state index is 14.1. The Morgan fingerprint density at radius 2 is 2.04 bits per heavy atom. The number of hydrogen-bond donors (Lipinski definition) is 2. The molecule has 0 bridgehead atoms. The Labute approximate surface area is 162 Å². The first-order chi connectivity index (χ1) is 13.4. The van der Waals surface area contributed by atoms with E-state index in [-0.39, 0.29) is 17.9 Å². The summed E-state index contributed by atoms with van der Waals surface area (Å²) in [6, 6.07) is 1.94. The molecule has 0 spiro atoms. The number of hydrogen-bond acceptors (Lipinski definition) is 6. The minimum absolute atomic E-state index is 0.137. The largest absolute Gasteiger partial charge is 0.505 e. The summed E-state index contributed by atoms with van der Waals surface area (Å²) in [5.41, 5.74) is 0.719. The van der Waals surface area contributed by atoms with Crippen LogP contribution in [0.15, 0.2) is 22.7 Å². The molecule has 1 atom stereocenters. The van der Waals surface area contributed by atoms with Gasteiger partial charge in [-0.1, -0.05) is 5.16 Å². The predicted molar refractivity (Wildman–Crippen MR) is 96.7 cm³/mol. The van der Waals surface area contributed by atoms with E-state index in [9.17, 15) is 18.7 Å². The SMILES string of the molecule is O=C(O)N1CCC(c2nc(C3=NOC(c4c(F)ccc(O)c4F)C3)cs2)CC1. The Balaban J connectivity index is 1.45. The minimum Gasteiger partial charge on any atom is -0.505 e. The summed E-state index contributed by atoms with van der Waals surface area (Å²) in [7, 11) is 0. The molecule has 2 aliphatic heterocycles. The number of aromatic hydroxyl groups is 1. The van der Waals surface area contributed by atoms with E-state index in [4.69, 9.17) is 9.94 Å². The molecule has 2 aromatic rings. The third kappa shape index (κ3) is 3.39. The summed E-state index contributed by atoms with van der Waals surface area (Å²) in [4.78, 5) is 22.2. The van der Waals surface area contributed by atoms with E-state index < -0.39 is 29.6 Å². The van der Waals surface area contributed by atoms with E-state index in [1.54, 1.807) is 0 Å². The van der Waals surface area contributed by atoms with Crippen molar-refractivity contribution in [1.29, 1.82) is 0 Å². The first kappa shape index (κ1) is 18.6. The summed E-state index contributed by atoms with van der Waals surface area (Å²) in [6.07, 6.45) is -0.341. The molecule has 148 valence electrons. The molecule has 0 radical (unpaired) electrons. The number of nitrogens with zero attached hydrogens (tertiary/aromatic N) is 3. The van der Waals surface area contributed by atoms with Gasteiger partial charge < -0.3 is 20.0 Å². The van der Waals surface area contributed by atoms with Crippen molar-refractivity contribution in [3.63, 3.8) is 0 Å². The Morgan fingerprint density at radius 1 is 1.29 bits per heavy atom. The van der Waals surface area contributed by atoms with Crippen molar-refractivity contribution in [2.45, 2.75) is 31.3 Å². The smallest absolute Gasteiger partial charge is 0.407 e. The molecular weight excluding hydrogens is 392 g/mol. The third-order valence-corrected chi connectivity index (χ3v) is 6.04. The standard InChI is InChI=1S/C18H17F2N3O4S/c19-10-1-2-13(24)16(20)15(10)14-7-11(22-27-14)12-8-28-17(21-12)9-3-5-23(6-4-9)18(25)26/h1-2,8-9,14,24H,3-7H2,(H,25,26). The zero-order valence-electron chi connectivity index (χ0n) is 14.6. The van der Waals surface area contributed by atoms with Crippen molar-refractivity contribution < 1.29 is 28.6 Å². The Hall–Kier alpha value is -2.75. The number of benzene rings is 1. The van der Waals surface area contributed by atoms with Crippen LogP contribution in [-0.4, -0.2) is 45.0 Å². The van der Waals surface area contributed by atoms with E-state index in [2.05, 4.69) is 10.1 Å². The molecule has 10 heteroatoms. The maximum atomic E-state index is 14.1. The summed E-state index contributed by atoms with van der Waals surface area (Å²) in [6.45, 7) is 0.939. The lowest BCUT2D eigenvalue weighted by Crippen LogP contribution is -2.36. The molecule has 0 saturated carbocycles. The summed E-state index contributed by atoms with van der Waals surface area (Å²) < 4.78 is 28.1. The molecule has 4 rings (SSSR count). The fourth-order valence-corrected chi connectivity index (χ4v) is 4.46. The summed E-state index contributed by atoms with van der Waals surface area (Å²) in [5, 5.41) is 25.2. The van der Waals surface area contributed by atoms with E-state index in [1.165, 1.54) is 16.2 Å². The fourth-order valence-electron chi connectivity index (χ4n) is 3.46. The van der Waals surface area contributed by atoms with Gasteiger partial charge in [-0.3, -0.25) is 0 Å². The average Bonchev–Trinajstić information content (AvgIpc) is 3.35. The van der Waals surface area contributed by atoms with Crippen molar-refractivity contribution in [2.75, 3.05) is 13.1 Å². The van der Waals surface area contributed by atoms with Crippen LogP contribution in [-0.2, 0) is 4.84 Å². The van der Waals surface area contributed by atoms with Gasteiger partial charge in [0.15, 0.2) is 17.7 Å². The number of phenolic OH excluding ortho intramolecular Hbond substituents is 1. The van der Waals surface area contributed by atoms with E-state index in [0.29, 0.717) is 37.3 Å².